The van der Waals surface area contributed by atoms with Crippen molar-refractivity contribution in [2.45, 2.75) is 25.3 Å². The van der Waals surface area contributed by atoms with Crippen LogP contribution in [0.5, 0.6) is 0 Å². The summed E-state index contributed by atoms with van der Waals surface area (Å²) >= 11 is 0. The summed E-state index contributed by atoms with van der Waals surface area (Å²) in [6.45, 7) is 0.625. The number of pyridine rings is 1. The zero-order chi connectivity index (χ0) is 7.68. The summed E-state index contributed by atoms with van der Waals surface area (Å²) < 4.78 is 0. The Hall–Kier alpha value is -0.890. The first-order valence-electron chi connectivity index (χ1n) is 4.05. The lowest BCUT2D eigenvalue weighted by atomic mass is 10.1. The van der Waals surface area contributed by atoms with E-state index in [0.29, 0.717) is 6.54 Å². The maximum Gasteiger partial charge on any atom is 0.0479 e. The zero-order valence-corrected chi connectivity index (χ0v) is 6.46. The normalized spacial score (nSPS) is 16.8. The molecule has 2 rings (SSSR count). The number of nitrogens with two attached hydrogens (primary N) is 1. The van der Waals surface area contributed by atoms with Crippen LogP contribution in [0, 0.1) is 0 Å². The van der Waals surface area contributed by atoms with E-state index in [2.05, 4.69) is 11.1 Å². The molecule has 0 radical (unpaired) electrons. The SMILES string of the molecule is NCc1cccnc1C1CC1. The average Bonchev–Trinajstić information content (AvgIpc) is 2.87. The molecule has 0 unspecified atom stereocenters. The Kier molecular flexibility index (Phi) is 1.62. The second-order valence-corrected chi connectivity index (χ2v) is 3.03. The summed E-state index contributed by atoms with van der Waals surface area (Å²) in [6, 6.07) is 4.02. The monoisotopic (exact) mass is 148 g/mol. The summed E-state index contributed by atoms with van der Waals surface area (Å²) in [6.07, 6.45) is 4.45. The highest BCUT2D eigenvalue weighted by Crippen LogP contribution is 2.40. The van der Waals surface area contributed by atoms with Crippen molar-refractivity contribution in [3.8, 4) is 0 Å². The van der Waals surface area contributed by atoms with Crippen LogP contribution in [0.3, 0.4) is 0 Å². The van der Waals surface area contributed by atoms with Crippen LogP contribution in [-0.4, -0.2) is 4.98 Å². The zero-order valence-electron chi connectivity index (χ0n) is 6.46. The summed E-state index contributed by atoms with van der Waals surface area (Å²) in [7, 11) is 0. The quantitative estimate of drug-likeness (QED) is 0.688. The molecule has 1 aliphatic rings. The maximum absolute atomic E-state index is 5.58. The molecule has 11 heavy (non-hydrogen) atoms. The molecular formula is C9H12N2. The van der Waals surface area contributed by atoms with Crippen molar-refractivity contribution in [2.24, 2.45) is 5.73 Å². The summed E-state index contributed by atoms with van der Waals surface area (Å²) in [5, 5.41) is 0. The molecule has 1 saturated carbocycles. The second-order valence-electron chi connectivity index (χ2n) is 3.03. The van der Waals surface area contributed by atoms with Gasteiger partial charge in [-0.05, 0) is 24.5 Å². The van der Waals surface area contributed by atoms with Crippen LogP contribution in [-0.2, 0) is 6.54 Å². The first-order valence-corrected chi connectivity index (χ1v) is 4.05. The van der Waals surface area contributed by atoms with Gasteiger partial charge in [0.25, 0.3) is 0 Å². The number of hydrogen-bond acceptors (Lipinski definition) is 2. The number of rotatable bonds is 2. The molecule has 1 aliphatic carbocycles. The number of hydrogen-bond donors (Lipinski definition) is 1. The Morgan fingerprint density at radius 3 is 3.00 bits per heavy atom. The van der Waals surface area contributed by atoms with Gasteiger partial charge in [0.1, 0.15) is 0 Å². The standard InChI is InChI=1S/C9H12N2/c10-6-8-2-1-5-11-9(8)7-3-4-7/h1-2,5,7H,3-4,6,10H2. The topological polar surface area (TPSA) is 38.9 Å². The smallest absolute Gasteiger partial charge is 0.0479 e. The lowest BCUT2D eigenvalue weighted by Gasteiger charge is -2.02. The van der Waals surface area contributed by atoms with E-state index in [0.717, 1.165) is 5.92 Å². The van der Waals surface area contributed by atoms with Crippen molar-refractivity contribution >= 4 is 0 Å². The van der Waals surface area contributed by atoms with E-state index in [1.54, 1.807) is 0 Å². The Morgan fingerprint density at radius 2 is 2.36 bits per heavy atom. The summed E-state index contributed by atoms with van der Waals surface area (Å²) in [4.78, 5) is 4.33. The predicted molar refractivity (Wildman–Crippen MR) is 44.1 cm³/mol. The minimum atomic E-state index is 0.625. The molecule has 0 aliphatic heterocycles. The van der Waals surface area contributed by atoms with Crippen molar-refractivity contribution in [2.75, 3.05) is 0 Å². The highest BCUT2D eigenvalue weighted by atomic mass is 14.7. The van der Waals surface area contributed by atoms with Gasteiger partial charge in [-0.1, -0.05) is 6.07 Å². The number of aromatic nitrogens is 1. The summed E-state index contributed by atoms with van der Waals surface area (Å²) in [5.41, 5.74) is 8.03. The lowest BCUT2D eigenvalue weighted by molar-refractivity contribution is 0.936. The molecule has 2 N–H and O–H groups in total. The Bertz CT molecular complexity index is 253. The molecule has 1 aromatic rings. The Labute approximate surface area is 66.4 Å². The number of nitrogens with zero attached hydrogens (tertiary/aromatic N) is 1. The van der Waals surface area contributed by atoms with Gasteiger partial charge in [-0.3, -0.25) is 4.98 Å². The predicted octanol–water partition coefficient (Wildman–Crippen LogP) is 1.42. The molecule has 1 fully saturated rings. The highest BCUT2D eigenvalue weighted by molar-refractivity contribution is 5.26. The van der Waals surface area contributed by atoms with Crippen molar-refractivity contribution in [1.82, 2.24) is 4.98 Å². The highest BCUT2D eigenvalue weighted by Gasteiger charge is 2.26. The molecule has 0 spiro atoms. The molecule has 0 atom stereocenters. The summed E-state index contributed by atoms with van der Waals surface area (Å²) in [5.74, 6) is 0.717. The third-order valence-electron chi connectivity index (χ3n) is 2.11. The largest absolute Gasteiger partial charge is 0.326 e. The first-order chi connectivity index (χ1) is 5.42. The molecule has 0 saturated heterocycles. The van der Waals surface area contributed by atoms with Crippen molar-refractivity contribution in [3.05, 3.63) is 29.6 Å². The molecule has 2 heteroatoms. The minimum absolute atomic E-state index is 0.625. The van der Waals surface area contributed by atoms with Gasteiger partial charge in [0.15, 0.2) is 0 Å². The van der Waals surface area contributed by atoms with Gasteiger partial charge in [-0.15, -0.1) is 0 Å². The average molecular weight is 148 g/mol. The molecule has 0 amide bonds. The van der Waals surface area contributed by atoms with Crippen LogP contribution in [0.2, 0.25) is 0 Å². The molecule has 0 bridgehead atoms. The molecule has 58 valence electrons. The van der Waals surface area contributed by atoms with E-state index in [-0.39, 0.29) is 0 Å². The van der Waals surface area contributed by atoms with Crippen LogP contribution in [0.1, 0.15) is 30.0 Å². The van der Waals surface area contributed by atoms with Gasteiger partial charge in [-0.2, -0.15) is 0 Å². The fraction of sp³-hybridized carbons (Fsp3) is 0.444. The van der Waals surface area contributed by atoms with Crippen LogP contribution in [0.25, 0.3) is 0 Å². The van der Waals surface area contributed by atoms with Gasteiger partial charge in [0.05, 0.1) is 0 Å². The molecule has 1 aromatic heterocycles. The first kappa shape index (κ1) is 6.80. The van der Waals surface area contributed by atoms with Crippen LogP contribution in [0.15, 0.2) is 18.3 Å². The fourth-order valence-electron chi connectivity index (χ4n) is 1.35. The van der Waals surface area contributed by atoms with Gasteiger partial charge < -0.3 is 5.73 Å². The minimum Gasteiger partial charge on any atom is -0.326 e. The van der Waals surface area contributed by atoms with Crippen molar-refractivity contribution in [3.63, 3.8) is 0 Å². The third kappa shape index (κ3) is 1.26. The Balaban J connectivity index is 2.34. The van der Waals surface area contributed by atoms with E-state index in [4.69, 9.17) is 5.73 Å². The van der Waals surface area contributed by atoms with Crippen molar-refractivity contribution in [1.29, 1.82) is 0 Å². The molecule has 1 heterocycles. The fourth-order valence-corrected chi connectivity index (χ4v) is 1.35. The van der Waals surface area contributed by atoms with Gasteiger partial charge in [0.2, 0.25) is 0 Å². The second kappa shape index (κ2) is 2.62. The van der Waals surface area contributed by atoms with Gasteiger partial charge in [0, 0.05) is 24.4 Å². The van der Waals surface area contributed by atoms with E-state index in [1.807, 2.05) is 12.3 Å². The molecule has 2 nitrogen and oxygen atoms in total. The molecular weight excluding hydrogens is 136 g/mol. The van der Waals surface area contributed by atoms with Crippen LogP contribution in [0.4, 0.5) is 0 Å². The van der Waals surface area contributed by atoms with Gasteiger partial charge >= 0.3 is 0 Å². The van der Waals surface area contributed by atoms with E-state index in [9.17, 15) is 0 Å². The van der Waals surface area contributed by atoms with Crippen molar-refractivity contribution < 1.29 is 0 Å². The molecule has 0 aromatic carbocycles. The third-order valence-corrected chi connectivity index (χ3v) is 2.11. The Morgan fingerprint density at radius 1 is 1.55 bits per heavy atom. The van der Waals surface area contributed by atoms with Crippen LogP contribution >= 0.6 is 0 Å². The van der Waals surface area contributed by atoms with E-state index >= 15 is 0 Å². The van der Waals surface area contributed by atoms with Gasteiger partial charge in [-0.25, -0.2) is 0 Å². The van der Waals surface area contributed by atoms with E-state index < -0.39 is 0 Å². The van der Waals surface area contributed by atoms with E-state index in [1.165, 1.54) is 24.1 Å². The lowest BCUT2D eigenvalue weighted by Crippen LogP contribution is -2.01. The maximum atomic E-state index is 5.58. The van der Waals surface area contributed by atoms with Crippen LogP contribution < -0.4 is 5.73 Å².